The summed E-state index contributed by atoms with van der Waals surface area (Å²) in [4.78, 5) is 12.9. The Morgan fingerprint density at radius 1 is 1.35 bits per heavy atom. The van der Waals surface area contributed by atoms with Crippen molar-refractivity contribution in [2.75, 3.05) is 39.3 Å². The second-order valence-corrected chi connectivity index (χ2v) is 5.97. The van der Waals surface area contributed by atoms with Gasteiger partial charge in [0, 0.05) is 31.0 Å². The van der Waals surface area contributed by atoms with E-state index in [-0.39, 0.29) is 6.10 Å². The van der Waals surface area contributed by atoms with Crippen LogP contribution in [0.4, 0.5) is 0 Å². The summed E-state index contributed by atoms with van der Waals surface area (Å²) >= 11 is 0. The monoisotopic (exact) mass is 278 g/mol. The number of likely N-dealkylation sites (tertiary alicyclic amines) is 1. The van der Waals surface area contributed by atoms with Crippen LogP contribution < -0.4 is 0 Å². The molecule has 5 heteroatoms. The fourth-order valence-electron chi connectivity index (χ4n) is 3.36. The first-order valence-corrected chi connectivity index (χ1v) is 7.85. The molecule has 2 saturated heterocycles. The van der Waals surface area contributed by atoms with E-state index in [4.69, 9.17) is 4.74 Å². The number of morpholine rings is 1. The molecule has 2 fully saturated rings. The highest BCUT2D eigenvalue weighted by Gasteiger charge is 2.30. The molecule has 0 aromatic carbocycles. The minimum atomic E-state index is 0.113. The van der Waals surface area contributed by atoms with Crippen LogP contribution in [0.1, 0.15) is 37.4 Å². The molecule has 3 rings (SSSR count). The zero-order valence-electron chi connectivity index (χ0n) is 12.6. The highest BCUT2D eigenvalue weighted by molar-refractivity contribution is 5.03. The number of aromatic amines is 1. The Balaban J connectivity index is 1.58. The van der Waals surface area contributed by atoms with E-state index in [1.165, 1.54) is 32.5 Å². The molecule has 0 aliphatic carbocycles. The molecule has 0 bridgehead atoms. The molecular weight excluding hydrogens is 252 g/mol. The lowest BCUT2D eigenvalue weighted by Crippen LogP contribution is -2.49. The molecule has 3 heterocycles. The van der Waals surface area contributed by atoms with Crippen LogP contribution in [0.25, 0.3) is 0 Å². The zero-order valence-corrected chi connectivity index (χ0v) is 12.6. The zero-order chi connectivity index (χ0) is 13.9. The van der Waals surface area contributed by atoms with Crippen LogP contribution in [0.5, 0.6) is 0 Å². The second kappa shape index (κ2) is 6.24. The van der Waals surface area contributed by atoms with E-state index in [0.29, 0.717) is 0 Å². The van der Waals surface area contributed by atoms with Gasteiger partial charge in [-0.15, -0.1) is 0 Å². The van der Waals surface area contributed by atoms with Crippen molar-refractivity contribution in [3.8, 4) is 0 Å². The first-order chi connectivity index (χ1) is 9.76. The van der Waals surface area contributed by atoms with E-state index in [0.717, 1.165) is 37.3 Å². The molecule has 2 aliphatic heterocycles. The van der Waals surface area contributed by atoms with Gasteiger partial charge < -0.3 is 14.6 Å². The summed E-state index contributed by atoms with van der Waals surface area (Å²) in [5.41, 5.74) is 1.11. The molecule has 5 nitrogen and oxygen atoms in total. The summed E-state index contributed by atoms with van der Waals surface area (Å²) in [7, 11) is 0. The molecule has 0 amide bonds. The summed E-state index contributed by atoms with van der Waals surface area (Å²) in [6.07, 6.45) is 4.58. The van der Waals surface area contributed by atoms with Crippen LogP contribution in [0, 0.1) is 6.92 Å². The highest BCUT2D eigenvalue weighted by Crippen LogP contribution is 2.24. The van der Waals surface area contributed by atoms with E-state index >= 15 is 0 Å². The lowest BCUT2D eigenvalue weighted by atomic mass is 10.0. The number of nitrogens with zero attached hydrogens (tertiary/aromatic N) is 3. The van der Waals surface area contributed by atoms with Gasteiger partial charge in [0.25, 0.3) is 0 Å². The average Bonchev–Trinajstić information content (AvgIpc) is 2.94. The Kier molecular flexibility index (Phi) is 4.38. The first-order valence-electron chi connectivity index (χ1n) is 7.85. The van der Waals surface area contributed by atoms with E-state index in [1.807, 2.05) is 13.1 Å². The molecule has 0 spiro atoms. The summed E-state index contributed by atoms with van der Waals surface area (Å²) in [5, 5.41) is 0. The van der Waals surface area contributed by atoms with Crippen LogP contribution in [0.3, 0.4) is 0 Å². The predicted molar refractivity (Wildman–Crippen MR) is 78.7 cm³/mol. The minimum absolute atomic E-state index is 0.113. The topological polar surface area (TPSA) is 44.4 Å². The number of aromatic nitrogens is 2. The SMILES string of the molecule is CCN1CCC(N2CCO[C@@H](c3ncc(C)[nH]3)C2)CC1. The molecular formula is C15H26N4O. The first kappa shape index (κ1) is 14.0. The van der Waals surface area contributed by atoms with Gasteiger partial charge in [-0.1, -0.05) is 6.92 Å². The maximum absolute atomic E-state index is 5.89. The van der Waals surface area contributed by atoms with Gasteiger partial charge in [-0.05, 0) is 39.4 Å². The van der Waals surface area contributed by atoms with Gasteiger partial charge in [-0.25, -0.2) is 4.98 Å². The van der Waals surface area contributed by atoms with Crippen LogP contribution in [0.15, 0.2) is 6.20 Å². The number of H-pyrrole nitrogens is 1. The maximum atomic E-state index is 5.89. The van der Waals surface area contributed by atoms with Crippen molar-refractivity contribution in [3.63, 3.8) is 0 Å². The summed E-state index contributed by atoms with van der Waals surface area (Å²) < 4.78 is 5.89. The van der Waals surface area contributed by atoms with Crippen molar-refractivity contribution in [1.82, 2.24) is 19.8 Å². The standard InChI is InChI=1S/C15H26N4O/c1-3-18-6-4-13(5-7-18)19-8-9-20-14(11-19)15-16-10-12(2)17-15/h10,13-14H,3-9,11H2,1-2H3,(H,16,17)/t14-/m1/s1. The molecule has 20 heavy (non-hydrogen) atoms. The minimum Gasteiger partial charge on any atom is -0.368 e. The predicted octanol–water partition coefficient (Wildman–Crippen LogP) is 1.58. The Hall–Kier alpha value is -0.910. The second-order valence-electron chi connectivity index (χ2n) is 5.97. The lowest BCUT2D eigenvalue weighted by molar-refractivity contribution is -0.0566. The van der Waals surface area contributed by atoms with Crippen LogP contribution in [0.2, 0.25) is 0 Å². The maximum Gasteiger partial charge on any atom is 0.136 e. The highest BCUT2D eigenvalue weighted by atomic mass is 16.5. The Labute approximate surface area is 121 Å². The van der Waals surface area contributed by atoms with E-state index < -0.39 is 0 Å². The lowest BCUT2D eigenvalue weighted by Gasteiger charge is -2.41. The van der Waals surface area contributed by atoms with Gasteiger partial charge in [0.15, 0.2) is 0 Å². The van der Waals surface area contributed by atoms with Crippen LogP contribution >= 0.6 is 0 Å². The Bertz CT molecular complexity index is 425. The quantitative estimate of drug-likeness (QED) is 0.911. The van der Waals surface area contributed by atoms with Gasteiger partial charge in [0.05, 0.1) is 6.61 Å². The summed E-state index contributed by atoms with van der Waals surface area (Å²) in [5.74, 6) is 0.984. The van der Waals surface area contributed by atoms with Crippen molar-refractivity contribution in [2.45, 2.75) is 38.8 Å². The Morgan fingerprint density at radius 3 is 2.80 bits per heavy atom. The number of hydrogen-bond acceptors (Lipinski definition) is 4. The van der Waals surface area contributed by atoms with Crippen molar-refractivity contribution >= 4 is 0 Å². The molecule has 0 unspecified atom stereocenters. The third-order valence-corrected chi connectivity index (χ3v) is 4.65. The number of hydrogen-bond donors (Lipinski definition) is 1. The molecule has 0 radical (unpaired) electrons. The number of rotatable bonds is 3. The molecule has 1 atom stereocenters. The third-order valence-electron chi connectivity index (χ3n) is 4.65. The number of nitrogens with one attached hydrogen (secondary N) is 1. The average molecular weight is 278 g/mol. The van der Waals surface area contributed by atoms with E-state index in [2.05, 4.69) is 26.7 Å². The Morgan fingerprint density at radius 2 is 2.15 bits per heavy atom. The molecule has 1 aromatic heterocycles. The van der Waals surface area contributed by atoms with E-state index in [9.17, 15) is 0 Å². The fraction of sp³-hybridized carbons (Fsp3) is 0.800. The largest absolute Gasteiger partial charge is 0.368 e. The number of imidazole rings is 1. The van der Waals surface area contributed by atoms with E-state index in [1.54, 1.807) is 0 Å². The third kappa shape index (κ3) is 3.05. The van der Waals surface area contributed by atoms with Gasteiger partial charge in [-0.3, -0.25) is 4.90 Å². The molecule has 112 valence electrons. The number of aryl methyl sites for hydroxylation is 1. The van der Waals surface area contributed by atoms with Crippen molar-refractivity contribution in [1.29, 1.82) is 0 Å². The smallest absolute Gasteiger partial charge is 0.136 e. The fourth-order valence-corrected chi connectivity index (χ4v) is 3.36. The molecule has 1 N–H and O–H groups in total. The van der Waals surface area contributed by atoms with Gasteiger partial charge >= 0.3 is 0 Å². The van der Waals surface area contributed by atoms with Gasteiger partial charge in [0.2, 0.25) is 0 Å². The van der Waals surface area contributed by atoms with Crippen LogP contribution in [-0.2, 0) is 4.74 Å². The summed E-state index contributed by atoms with van der Waals surface area (Å²) in [6, 6.07) is 0.722. The molecule has 0 saturated carbocycles. The van der Waals surface area contributed by atoms with Crippen molar-refractivity contribution in [2.24, 2.45) is 0 Å². The number of piperidine rings is 1. The normalized spacial score (nSPS) is 27.0. The summed E-state index contributed by atoms with van der Waals surface area (Å²) in [6.45, 7) is 10.8. The number of ether oxygens (including phenoxy) is 1. The molecule has 2 aliphatic rings. The van der Waals surface area contributed by atoms with Gasteiger partial charge in [-0.2, -0.15) is 0 Å². The van der Waals surface area contributed by atoms with Crippen LogP contribution in [-0.4, -0.2) is 65.1 Å². The van der Waals surface area contributed by atoms with Gasteiger partial charge in [0.1, 0.15) is 11.9 Å². The van der Waals surface area contributed by atoms with Crippen molar-refractivity contribution < 1.29 is 4.74 Å². The molecule has 1 aromatic rings. The van der Waals surface area contributed by atoms with Crippen molar-refractivity contribution in [3.05, 3.63) is 17.7 Å².